The van der Waals surface area contributed by atoms with E-state index >= 15 is 0 Å². The van der Waals surface area contributed by atoms with Crippen LogP contribution in [-0.2, 0) is 14.4 Å². The molecule has 1 aliphatic heterocycles. The maximum Gasteiger partial charge on any atom is 0.329 e. The van der Waals surface area contributed by atoms with Crippen molar-refractivity contribution in [3.05, 3.63) is 0 Å². The Morgan fingerprint density at radius 1 is 1.15 bits per heavy atom. The van der Waals surface area contributed by atoms with E-state index in [-0.39, 0.29) is 18.4 Å². The summed E-state index contributed by atoms with van der Waals surface area (Å²) in [6.45, 7) is 0.570. The number of rotatable bonds is 4. The zero-order valence-corrected chi connectivity index (χ0v) is 11.7. The molecule has 0 unspecified atom stereocenters. The van der Waals surface area contributed by atoms with Crippen molar-refractivity contribution in [2.75, 3.05) is 13.1 Å². The summed E-state index contributed by atoms with van der Waals surface area (Å²) >= 11 is 0. The second-order valence-corrected chi connectivity index (χ2v) is 5.77. The van der Waals surface area contributed by atoms with Crippen LogP contribution in [0.25, 0.3) is 0 Å². The molecule has 2 amide bonds. The van der Waals surface area contributed by atoms with E-state index in [9.17, 15) is 19.5 Å². The fourth-order valence-corrected chi connectivity index (χ4v) is 2.78. The molecule has 1 saturated carbocycles. The average Bonchev–Trinajstić information content (AvgIpc) is 2.33. The molecule has 0 aromatic heterocycles. The van der Waals surface area contributed by atoms with E-state index < -0.39 is 11.5 Å². The number of carboxylic acid groups (broad SMARTS) is 1. The number of amides is 2. The Bertz CT molecular complexity index is 404. The lowest BCUT2D eigenvalue weighted by Crippen LogP contribution is -2.60. The van der Waals surface area contributed by atoms with E-state index in [2.05, 4.69) is 5.32 Å². The molecule has 6 heteroatoms. The predicted octanol–water partition coefficient (Wildman–Crippen LogP) is 0.903. The fourth-order valence-electron chi connectivity index (χ4n) is 2.78. The topological polar surface area (TPSA) is 86.7 Å². The summed E-state index contributed by atoms with van der Waals surface area (Å²) in [6.07, 6.45) is 6.16. The number of carboxylic acids is 1. The van der Waals surface area contributed by atoms with Crippen molar-refractivity contribution in [2.45, 2.75) is 56.9 Å². The minimum atomic E-state index is -1.09. The highest BCUT2D eigenvalue weighted by molar-refractivity contribution is 5.90. The lowest BCUT2D eigenvalue weighted by molar-refractivity contribution is -0.152. The third kappa shape index (κ3) is 3.29. The Hall–Kier alpha value is -1.59. The highest BCUT2D eigenvalue weighted by atomic mass is 16.4. The van der Waals surface area contributed by atoms with Crippen LogP contribution in [-0.4, -0.2) is 46.4 Å². The van der Waals surface area contributed by atoms with Crippen molar-refractivity contribution in [2.24, 2.45) is 0 Å². The molecule has 20 heavy (non-hydrogen) atoms. The summed E-state index contributed by atoms with van der Waals surface area (Å²) in [5.74, 6) is -1.34. The number of nitrogens with zero attached hydrogens (tertiary/aromatic N) is 1. The van der Waals surface area contributed by atoms with Crippen LogP contribution in [0.3, 0.4) is 0 Å². The maximum absolute atomic E-state index is 12.0. The number of hydrogen-bond donors (Lipinski definition) is 2. The standard InChI is InChI=1S/C14H22N2O4/c17-11(15-14(13(19)20)7-5-8-14)10-16-9-4-2-1-3-6-12(16)18/h1-10H2,(H,15,17)(H,19,20). The van der Waals surface area contributed by atoms with Crippen LogP contribution >= 0.6 is 0 Å². The number of carbonyl (C=O) groups excluding carboxylic acids is 2. The molecular formula is C14H22N2O4. The van der Waals surface area contributed by atoms with Gasteiger partial charge in [0.1, 0.15) is 5.54 Å². The van der Waals surface area contributed by atoms with Gasteiger partial charge in [0.15, 0.2) is 0 Å². The minimum Gasteiger partial charge on any atom is -0.480 e. The van der Waals surface area contributed by atoms with Gasteiger partial charge >= 0.3 is 5.97 Å². The Morgan fingerprint density at radius 3 is 2.45 bits per heavy atom. The van der Waals surface area contributed by atoms with Crippen LogP contribution < -0.4 is 5.32 Å². The Labute approximate surface area is 118 Å². The molecule has 1 saturated heterocycles. The average molecular weight is 282 g/mol. The van der Waals surface area contributed by atoms with Gasteiger partial charge in [0.05, 0.1) is 6.54 Å². The fraction of sp³-hybridized carbons (Fsp3) is 0.786. The summed E-state index contributed by atoms with van der Waals surface area (Å²) in [6, 6.07) is 0. The van der Waals surface area contributed by atoms with Gasteiger partial charge in [-0.25, -0.2) is 4.79 Å². The lowest BCUT2D eigenvalue weighted by Gasteiger charge is -2.38. The van der Waals surface area contributed by atoms with Crippen LogP contribution in [0.4, 0.5) is 0 Å². The van der Waals surface area contributed by atoms with Crippen LogP contribution in [0.5, 0.6) is 0 Å². The first-order chi connectivity index (χ1) is 9.53. The smallest absolute Gasteiger partial charge is 0.329 e. The van der Waals surface area contributed by atoms with Gasteiger partial charge in [-0.2, -0.15) is 0 Å². The van der Waals surface area contributed by atoms with Gasteiger partial charge < -0.3 is 15.3 Å². The van der Waals surface area contributed by atoms with Crippen molar-refractivity contribution in [3.8, 4) is 0 Å². The zero-order valence-electron chi connectivity index (χ0n) is 11.7. The number of hydrogen-bond acceptors (Lipinski definition) is 3. The molecule has 112 valence electrons. The second-order valence-electron chi connectivity index (χ2n) is 5.77. The Morgan fingerprint density at radius 2 is 1.85 bits per heavy atom. The summed E-state index contributed by atoms with van der Waals surface area (Å²) in [7, 11) is 0. The zero-order chi connectivity index (χ0) is 14.6. The lowest BCUT2D eigenvalue weighted by atomic mass is 9.77. The van der Waals surface area contributed by atoms with E-state index in [4.69, 9.17) is 0 Å². The van der Waals surface area contributed by atoms with Crippen LogP contribution in [0, 0.1) is 0 Å². The monoisotopic (exact) mass is 282 g/mol. The van der Waals surface area contributed by atoms with Gasteiger partial charge in [0.2, 0.25) is 11.8 Å². The third-order valence-corrected chi connectivity index (χ3v) is 4.25. The molecular weight excluding hydrogens is 260 g/mol. The molecule has 1 aliphatic carbocycles. The van der Waals surface area contributed by atoms with E-state index in [0.717, 1.165) is 32.1 Å². The molecule has 0 bridgehead atoms. The van der Waals surface area contributed by atoms with E-state index in [1.165, 1.54) is 0 Å². The third-order valence-electron chi connectivity index (χ3n) is 4.25. The summed E-state index contributed by atoms with van der Waals surface area (Å²) in [4.78, 5) is 36.7. The van der Waals surface area contributed by atoms with E-state index in [0.29, 0.717) is 25.8 Å². The first-order valence-corrected chi connectivity index (χ1v) is 7.36. The van der Waals surface area contributed by atoms with Crippen molar-refractivity contribution in [3.63, 3.8) is 0 Å². The quantitative estimate of drug-likeness (QED) is 0.802. The number of aliphatic carboxylic acids is 1. The molecule has 0 spiro atoms. The summed E-state index contributed by atoms with van der Waals surface area (Å²) in [5, 5.41) is 11.8. The first kappa shape index (κ1) is 14.8. The molecule has 0 aromatic rings. The SMILES string of the molecule is O=C(CN1CCCCCCC1=O)NC1(C(=O)O)CCC1. The van der Waals surface area contributed by atoms with Gasteiger partial charge in [-0.3, -0.25) is 9.59 Å². The highest BCUT2D eigenvalue weighted by Crippen LogP contribution is 2.31. The molecule has 1 heterocycles. The van der Waals surface area contributed by atoms with E-state index in [1.807, 2.05) is 0 Å². The van der Waals surface area contributed by atoms with Crippen LogP contribution in [0.2, 0.25) is 0 Å². The Kier molecular flexibility index (Phi) is 4.62. The Balaban J connectivity index is 1.89. The van der Waals surface area contributed by atoms with Gasteiger partial charge in [-0.05, 0) is 32.1 Å². The molecule has 6 nitrogen and oxygen atoms in total. The van der Waals surface area contributed by atoms with Crippen LogP contribution in [0.1, 0.15) is 51.4 Å². The molecule has 2 fully saturated rings. The summed E-state index contributed by atoms with van der Waals surface area (Å²) in [5.41, 5.74) is -1.09. The van der Waals surface area contributed by atoms with Crippen molar-refractivity contribution < 1.29 is 19.5 Å². The van der Waals surface area contributed by atoms with Crippen LogP contribution in [0.15, 0.2) is 0 Å². The molecule has 2 rings (SSSR count). The normalized spacial score (nSPS) is 22.4. The molecule has 2 aliphatic rings. The first-order valence-electron chi connectivity index (χ1n) is 7.36. The van der Waals surface area contributed by atoms with Crippen molar-refractivity contribution >= 4 is 17.8 Å². The summed E-state index contributed by atoms with van der Waals surface area (Å²) < 4.78 is 0. The predicted molar refractivity (Wildman–Crippen MR) is 72.0 cm³/mol. The highest BCUT2D eigenvalue weighted by Gasteiger charge is 2.45. The number of nitrogens with one attached hydrogen (secondary N) is 1. The number of carbonyl (C=O) groups is 3. The maximum atomic E-state index is 12.0. The largest absolute Gasteiger partial charge is 0.480 e. The van der Waals surface area contributed by atoms with Crippen molar-refractivity contribution in [1.29, 1.82) is 0 Å². The van der Waals surface area contributed by atoms with Gasteiger partial charge in [0, 0.05) is 13.0 Å². The molecule has 0 atom stereocenters. The molecule has 0 aromatic carbocycles. The van der Waals surface area contributed by atoms with Gasteiger partial charge in [0.25, 0.3) is 0 Å². The van der Waals surface area contributed by atoms with Gasteiger partial charge in [-0.1, -0.05) is 12.8 Å². The second kappa shape index (κ2) is 6.24. The van der Waals surface area contributed by atoms with E-state index in [1.54, 1.807) is 4.90 Å². The molecule has 2 N–H and O–H groups in total. The van der Waals surface area contributed by atoms with Crippen molar-refractivity contribution in [1.82, 2.24) is 10.2 Å². The molecule has 0 radical (unpaired) electrons. The number of likely N-dealkylation sites (tertiary alicyclic amines) is 1. The van der Waals surface area contributed by atoms with Gasteiger partial charge in [-0.15, -0.1) is 0 Å². The minimum absolute atomic E-state index is 0.00201.